The minimum atomic E-state index is -0.472. The van der Waals surface area contributed by atoms with Gasteiger partial charge in [-0.3, -0.25) is 0 Å². The Morgan fingerprint density at radius 1 is 1.89 bits per heavy atom. The van der Waals surface area contributed by atoms with Crippen molar-refractivity contribution < 1.29 is 4.92 Å². The largest absolute Gasteiger partial charge is 0.358 e. The quantitative estimate of drug-likeness (QED) is 0.389. The van der Waals surface area contributed by atoms with Crippen LogP contribution in [0.4, 0.5) is 0 Å². The predicted octanol–water partition coefficient (Wildman–Crippen LogP) is -0.284. The molecule has 1 radical (unpaired) electrons. The van der Waals surface area contributed by atoms with Gasteiger partial charge >= 0.3 is 5.82 Å². The highest BCUT2D eigenvalue weighted by molar-refractivity contribution is 4.99. The minimum absolute atomic E-state index is 0.0116. The summed E-state index contributed by atoms with van der Waals surface area (Å²) in [4.78, 5) is 11.1. The summed E-state index contributed by atoms with van der Waals surface area (Å²) in [7, 11) is 1.71. The first-order chi connectivity index (χ1) is 4.20. The molecule has 49 valence electrons. The maximum Gasteiger partial charge on any atom is 0.334 e. The molecule has 0 bridgehead atoms. The molecule has 0 amide bonds. The number of nitrogens with one attached hydrogen (secondary N) is 1. The summed E-state index contributed by atoms with van der Waals surface area (Å²) in [5.41, 5.74) is 0. The third kappa shape index (κ3) is 1.10. The van der Waals surface area contributed by atoms with Gasteiger partial charge in [0.2, 0.25) is 6.67 Å². The maximum absolute atomic E-state index is 9.98. The van der Waals surface area contributed by atoms with Crippen molar-refractivity contribution in [1.29, 1.82) is 0 Å². The zero-order valence-corrected chi connectivity index (χ0v) is 4.87. The summed E-state index contributed by atoms with van der Waals surface area (Å²) < 4.78 is 0. The lowest BCUT2D eigenvalue weighted by Gasteiger charge is -1.95. The molecule has 1 rings (SSSR count). The molecular weight excluding hydrogens is 122 g/mol. The minimum Gasteiger partial charge on any atom is -0.358 e. The monoisotopic (exact) mass is 128 g/mol. The van der Waals surface area contributed by atoms with Crippen LogP contribution in [0, 0.1) is 16.8 Å². The van der Waals surface area contributed by atoms with Crippen molar-refractivity contribution >= 4 is 0 Å². The Kier molecular flexibility index (Phi) is 1.26. The van der Waals surface area contributed by atoms with E-state index in [2.05, 4.69) is 5.32 Å². The molecule has 0 saturated heterocycles. The van der Waals surface area contributed by atoms with E-state index in [0.717, 1.165) is 0 Å². The molecule has 0 aromatic heterocycles. The molecule has 0 aromatic rings. The first-order valence-electron chi connectivity index (χ1n) is 2.38. The van der Waals surface area contributed by atoms with Crippen LogP contribution in [-0.4, -0.2) is 16.9 Å². The molecular formula is C4H6N3O2. The maximum atomic E-state index is 9.98. The molecule has 0 fully saturated rings. The predicted molar refractivity (Wildman–Crippen MR) is 30.3 cm³/mol. The van der Waals surface area contributed by atoms with Crippen LogP contribution in [0.25, 0.3) is 0 Å². The van der Waals surface area contributed by atoms with E-state index in [-0.39, 0.29) is 5.82 Å². The number of hydrogen-bond acceptors (Lipinski definition) is 4. The van der Waals surface area contributed by atoms with Gasteiger partial charge < -0.3 is 15.0 Å². The van der Waals surface area contributed by atoms with Crippen LogP contribution in [0.2, 0.25) is 0 Å². The summed E-state index contributed by atoms with van der Waals surface area (Å²) in [5, 5.41) is 12.4. The fourth-order valence-electron chi connectivity index (χ4n) is 0.535. The summed E-state index contributed by atoms with van der Waals surface area (Å²) in [6.07, 6.45) is 1.40. The van der Waals surface area contributed by atoms with Gasteiger partial charge in [-0.05, 0) is 4.92 Å². The lowest BCUT2D eigenvalue weighted by Crippen LogP contribution is -2.13. The molecule has 0 saturated carbocycles. The van der Waals surface area contributed by atoms with Crippen LogP contribution in [0.1, 0.15) is 0 Å². The van der Waals surface area contributed by atoms with E-state index < -0.39 is 4.92 Å². The highest BCUT2D eigenvalue weighted by atomic mass is 16.6. The number of hydrogen-bond donors (Lipinski definition) is 1. The van der Waals surface area contributed by atoms with Crippen LogP contribution in [-0.2, 0) is 0 Å². The Morgan fingerprint density at radius 2 is 2.56 bits per heavy atom. The van der Waals surface area contributed by atoms with E-state index in [0.29, 0.717) is 0 Å². The Morgan fingerprint density at radius 3 is 2.78 bits per heavy atom. The first-order valence-corrected chi connectivity index (χ1v) is 2.38. The Labute approximate surface area is 52.1 Å². The van der Waals surface area contributed by atoms with Crippen molar-refractivity contribution in [2.75, 3.05) is 7.05 Å². The summed E-state index contributed by atoms with van der Waals surface area (Å²) >= 11 is 0. The fraction of sp³-hybridized carbons (Fsp3) is 0.250. The second kappa shape index (κ2) is 1.93. The van der Waals surface area contributed by atoms with E-state index in [1.807, 2.05) is 0 Å². The Hall–Kier alpha value is -1.26. The van der Waals surface area contributed by atoms with E-state index in [4.69, 9.17) is 0 Å². The number of nitrogens with zero attached hydrogens (tertiary/aromatic N) is 2. The summed E-state index contributed by atoms with van der Waals surface area (Å²) in [5.74, 6) is 0.0116. The van der Waals surface area contributed by atoms with Gasteiger partial charge in [-0.1, -0.05) is 0 Å². The topological polar surface area (TPSA) is 58.4 Å². The smallest absolute Gasteiger partial charge is 0.334 e. The van der Waals surface area contributed by atoms with Gasteiger partial charge in [0, 0.05) is 7.05 Å². The third-order valence-corrected chi connectivity index (χ3v) is 0.939. The van der Waals surface area contributed by atoms with Crippen molar-refractivity contribution in [2.45, 2.75) is 0 Å². The number of rotatable bonds is 1. The average Bonchev–Trinajstić information content (AvgIpc) is 2.14. The van der Waals surface area contributed by atoms with Crippen molar-refractivity contribution in [2.24, 2.45) is 0 Å². The molecule has 5 nitrogen and oxygen atoms in total. The Balaban J connectivity index is 2.62. The van der Waals surface area contributed by atoms with E-state index in [1.54, 1.807) is 11.9 Å². The zero-order chi connectivity index (χ0) is 6.85. The van der Waals surface area contributed by atoms with Gasteiger partial charge in [-0.15, -0.1) is 0 Å². The average molecular weight is 128 g/mol. The van der Waals surface area contributed by atoms with Gasteiger partial charge in [0.1, 0.15) is 0 Å². The fourth-order valence-corrected chi connectivity index (χ4v) is 0.535. The normalized spacial score (nSPS) is 17.0. The number of nitro groups is 1. The molecule has 0 aromatic carbocycles. The molecule has 1 N–H and O–H groups in total. The van der Waals surface area contributed by atoms with Gasteiger partial charge in [0.25, 0.3) is 0 Å². The summed E-state index contributed by atoms with van der Waals surface area (Å²) in [6, 6.07) is 0. The van der Waals surface area contributed by atoms with Crippen molar-refractivity contribution in [3.8, 4) is 0 Å². The molecule has 1 aliphatic rings. The molecule has 9 heavy (non-hydrogen) atoms. The van der Waals surface area contributed by atoms with Crippen LogP contribution in [0.3, 0.4) is 0 Å². The van der Waals surface area contributed by atoms with Crippen molar-refractivity contribution in [1.82, 2.24) is 10.2 Å². The van der Waals surface area contributed by atoms with Crippen LogP contribution < -0.4 is 5.32 Å². The SMILES string of the molecule is CN1[CH]NC([N+](=O)[O-])=C1. The molecule has 0 atom stereocenters. The van der Waals surface area contributed by atoms with Gasteiger partial charge in [-0.2, -0.15) is 0 Å². The van der Waals surface area contributed by atoms with Crippen LogP contribution >= 0.6 is 0 Å². The Bertz CT molecular complexity index is 165. The molecule has 0 aliphatic carbocycles. The zero-order valence-electron chi connectivity index (χ0n) is 4.87. The van der Waals surface area contributed by atoms with Crippen molar-refractivity contribution in [3.05, 3.63) is 28.8 Å². The second-order valence-corrected chi connectivity index (χ2v) is 1.71. The van der Waals surface area contributed by atoms with Gasteiger partial charge in [-0.25, -0.2) is 5.32 Å². The third-order valence-electron chi connectivity index (χ3n) is 0.939. The molecule has 5 heteroatoms. The standard InChI is InChI=1S/C4H6N3O2/c1-6-2-4(5-3-6)7(8)9/h2-3,5H,1H3. The molecule has 0 unspecified atom stereocenters. The van der Waals surface area contributed by atoms with Crippen LogP contribution in [0.5, 0.6) is 0 Å². The lowest BCUT2D eigenvalue weighted by atomic mass is 10.8. The van der Waals surface area contributed by atoms with Crippen LogP contribution in [0.15, 0.2) is 12.0 Å². The first kappa shape index (κ1) is 5.87. The highest BCUT2D eigenvalue weighted by Crippen LogP contribution is 2.02. The van der Waals surface area contributed by atoms with E-state index >= 15 is 0 Å². The van der Waals surface area contributed by atoms with Gasteiger partial charge in [0.05, 0.1) is 6.20 Å². The highest BCUT2D eigenvalue weighted by Gasteiger charge is 2.17. The lowest BCUT2D eigenvalue weighted by molar-refractivity contribution is -0.430. The summed E-state index contributed by atoms with van der Waals surface area (Å²) in [6.45, 7) is 1.51. The molecule has 1 aliphatic heterocycles. The van der Waals surface area contributed by atoms with E-state index in [1.165, 1.54) is 12.9 Å². The molecule has 0 spiro atoms. The van der Waals surface area contributed by atoms with Gasteiger partial charge in [0.15, 0.2) is 0 Å². The molecule has 1 heterocycles. The van der Waals surface area contributed by atoms with Crippen molar-refractivity contribution in [3.63, 3.8) is 0 Å². The van der Waals surface area contributed by atoms with E-state index in [9.17, 15) is 10.1 Å². The second-order valence-electron chi connectivity index (χ2n) is 1.71.